The molecule has 2 rings (SSSR count). The Labute approximate surface area is 120 Å². The molecule has 1 heterocycles. The minimum atomic E-state index is -3.86. The van der Waals surface area contributed by atoms with Crippen LogP contribution in [-0.4, -0.2) is 13.4 Å². The fraction of sp³-hybridized carbons (Fsp3) is 0.154. The van der Waals surface area contributed by atoms with Crippen molar-refractivity contribution in [2.45, 2.75) is 18.7 Å². The number of halogens is 1. The van der Waals surface area contributed by atoms with Gasteiger partial charge >= 0.3 is 10.1 Å². The summed E-state index contributed by atoms with van der Waals surface area (Å²) in [5.74, 6) is 0.0364. The van der Waals surface area contributed by atoms with E-state index in [0.717, 1.165) is 5.56 Å². The molecule has 19 heavy (non-hydrogen) atoms. The molecule has 0 aliphatic rings. The second-order valence-electron chi connectivity index (χ2n) is 4.12. The van der Waals surface area contributed by atoms with Crippen LogP contribution in [0.4, 0.5) is 0 Å². The van der Waals surface area contributed by atoms with Gasteiger partial charge in [0.2, 0.25) is 5.88 Å². The average molecular weight is 342 g/mol. The third kappa shape index (κ3) is 3.33. The largest absolute Gasteiger partial charge is 0.358 e. The van der Waals surface area contributed by atoms with Gasteiger partial charge < -0.3 is 4.18 Å². The van der Waals surface area contributed by atoms with Crippen LogP contribution in [0, 0.1) is 13.8 Å². The highest BCUT2D eigenvalue weighted by molar-refractivity contribution is 9.10. The zero-order valence-corrected chi connectivity index (χ0v) is 12.8. The molecule has 0 bridgehead atoms. The molecule has 0 atom stereocenters. The van der Waals surface area contributed by atoms with Crippen molar-refractivity contribution in [2.24, 2.45) is 0 Å². The normalized spacial score (nSPS) is 11.3. The van der Waals surface area contributed by atoms with Crippen molar-refractivity contribution in [3.05, 3.63) is 52.1 Å². The molecule has 0 fully saturated rings. The van der Waals surface area contributed by atoms with Crippen molar-refractivity contribution in [2.75, 3.05) is 0 Å². The highest BCUT2D eigenvalue weighted by Gasteiger charge is 2.19. The summed E-state index contributed by atoms with van der Waals surface area (Å²) in [7, 11) is -3.86. The van der Waals surface area contributed by atoms with Gasteiger partial charge in [-0.3, -0.25) is 0 Å². The topological polar surface area (TPSA) is 56.3 Å². The molecule has 0 saturated carbocycles. The number of rotatable bonds is 3. The molecular weight excluding hydrogens is 330 g/mol. The van der Waals surface area contributed by atoms with E-state index >= 15 is 0 Å². The quantitative estimate of drug-likeness (QED) is 0.804. The van der Waals surface area contributed by atoms with Gasteiger partial charge in [0.25, 0.3) is 0 Å². The number of pyridine rings is 1. The molecule has 0 amide bonds. The zero-order chi connectivity index (χ0) is 14.0. The maximum absolute atomic E-state index is 12.2. The van der Waals surface area contributed by atoms with Crippen LogP contribution in [0.3, 0.4) is 0 Å². The predicted octanol–water partition coefficient (Wildman–Crippen LogP) is 3.23. The van der Waals surface area contributed by atoms with Crippen molar-refractivity contribution in [3.63, 3.8) is 0 Å². The van der Waals surface area contributed by atoms with E-state index in [1.54, 1.807) is 25.1 Å². The van der Waals surface area contributed by atoms with E-state index in [9.17, 15) is 8.42 Å². The summed E-state index contributed by atoms with van der Waals surface area (Å²) < 4.78 is 30.1. The van der Waals surface area contributed by atoms with Crippen LogP contribution >= 0.6 is 15.9 Å². The molecule has 0 radical (unpaired) electrons. The van der Waals surface area contributed by atoms with Crippen molar-refractivity contribution in [1.29, 1.82) is 0 Å². The van der Waals surface area contributed by atoms with Gasteiger partial charge in [-0.2, -0.15) is 8.42 Å². The minimum absolute atomic E-state index is 0.0364. The van der Waals surface area contributed by atoms with Crippen molar-refractivity contribution in [3.8, 4) is 5.88 Å². The fourth-order valence-electron chi connectivity index (χ4n) is 1.67. The molecule has 1 aromatic heterocycles. The Morgan fingerprint density at radius 3 is 2.53 bits per heavy atom. The van der Waals surface area contributed by atoms with E-state index in [1.807, 2.05) is 6.92 Å². The minimum Gasteiger partial charge on any atom is -0.358 e. The lowest BCUT2D eigenvalue weighted by Crippen LogP contribution is -2.12. The maximum Gasteiger partial charge on any atom is 0.340 e. The first-order valence-electron chi connectivity index (χ1n) is 5.52. The second kappa shape index (κ2) is 5.30. The van der Waals surface area contributed by atoms with Gasteiger partial charge in [-0.15, -0.1) is 0 Å². The maximum atomic E-state index is 12.2. The van der Waals surface area contributed by atoms with Crippen LogP contribution in [-0.2, 0) is 10.1 Å². The molecule has 2 aromatic rings. The van der Waals surface area contributed by atoms with Gasteiger partial charge in [-0.1, -0.05) is 33.6 Å². The number of hydrogen-bond acceptors (Lipinski definition) is 4. The summed E-state index contributed by atoms with van der Waals surface area (Å²) in [6, 6.07) is 8.26. The summed E-state index contributed by atoms with van der Waals surface area (Å²) in [4.78, 5) is 4.02. The molecule has 0 aliphatic carbocycles. The van der Waals surface area contributed by atoms with Gasteiger partial charge in [0.15, 0.2) is 0 Å². The molecule has 0 saturated heterocycles. The van der Waals surface area contributed by atoms with E-state index in [2.05, 4.69) is 20.9 Å². The molecule has 1 aromatic carbocycles. The Balaban J connectivity index is 2.38. The lowest BCUT2D eigenvalue weighted by molar-refractivity contribution is 0.475. The van der Waals surface area contributed by atoms with Gasteiger partial charge in [0, 0.05) is 16.7 Å². The van der Waals surface area contributed by atoms with Gasteiger partial charge in [-0.05, 0) is 31.5 Å². The zero-order valence-electron chi connectivity index (χ0n) is 10.4. The van der Waals surface area contributed by atoms with Gasteiger partial charge in [0.1, 0.15) is 4.90 Å². The van der Waals surface area contributed by atoms with E-state index in [0.29, 0.717) is 10.0 Å². The smallest absolute Gasteiger partial charge is 0.340 e. The Kier molecular flexibility index (Phi) is 3.91. The first-order chi connectivity index (χ1) is 8.88. The Hall–Kier alpha value is -1.40. The Morgan fingerprint density at radius 2 is 1.89 bits per heavy atom. The van der Waals surface area contributed by atoms with Gasteiger partial charge in [-0.25, -0.2) is 4.98 Å². The molecule has 4 nitrogen and oxygen atoms in total. The molecule has 0 aliphatic heterocycles. The summed E-state index contributed by atoms with van der Waals surface area (Å²) in [5, 5.41) is 0. The van der Waals surface area contributed by atoms with Crippen LogP contribution in [0.5, 0.6) is 5.88 Å². The van der Waals surface area contributed by atoms with Crippen LogP contribution in [0.1, 0.15) is 11.1 Å². The van der Waals surface area contributed by atoms with Crippen LogP contribution in [0.25, 0.3) is 0 Å². The molecule has 100 valence electrons. The summed E-state index contributed by atoms with van der Waals surface area (Å²) in [6.45, 7) is 3.64. The van der Waals surface area contributed by atoms with Crippen molar-refractivity contribution < 1.29 is 12.6 Å². The molecule has 0 N–H and O–H groups in total. The highest BCUT2D eigenvalue weighted by atomic mass is 79.9. The fourth-order valence-corrected chi connectivity index (χ4v) is 3.08. The van der Waals surface area contributed by atoms with Crippen LogP contribution < -0.4 is 4.18 Å². The van der Waals surface area contributed by atoms with Crippen molar-refractivity contribution >= 4 is 26.0 Å². The standard InChI is InChI=1S/C13H12BrNO3S/c1-9-3-4-12(10(2)7-9)19(16,17)18-13-8-11(14)5-6-15-13/h3-8H,1-2H3. The van der Waals surface area contributed by atoms with E-state index < -0.39 is 10.1 Å². The highest BCUT2D eigenvalue weighted by Crippen LogP contribution is 2.22. The third-order valence-electron chi connectivity index (χ3n) is 2.49. The SMILES string of the molecule is Cc1ccc(S(=O)(=O)Oc2cc(Br)ccn2)c(C)c1. The number of benzene rings is 1. The first kappa shape index (κ1) is 14.0. The second-order valence-corrected chi connectivity index (χ2v) is 6.55. The molecule has 0 unspecified atom stereocenters. The number of hydrogen-bond donors (Lipinski definition) is 0. The first-order valence-corrected chi connectivity index (χ1v) is 7.72. The monoisotopic (exact) mass is 341 g/mol. The Bertz CT molecular complexity index is 714. The molecular formula is C13H12BrNO3S. The molecule has 0 spiro atoms. The Morgan fingerprint density at radius 1 is 1.16 bits per heavy atom. The lowest BCUT2D eigenvalue weighted by Gasteiger charge is -2.09. The van der Waals surface area contributed by atoms with Crippen LogP contribution in [0.15, 0.2) is 45.9 Å². The lowest BCUT2D eigenvalue weighted by atomic mass is 10.2. The van der Waals surface area contributed by atoms with E-state index in [-0.39, 0.29) is 10.8 Å². The van der Waals surface area contributed by atoms with Crippen LogP contribution in [0.2, 0.25) is 0 Å². The van der Waals surface area contributed by atoms with Gasteiger partial charge in [0.05, 0.1) is 0 Å². The molecule has 6 heteroatoms. The van der Waals surface area contributed by atoms with E-state index in [1.165, 1.54) is 18.3 Å². The summed E-state index contributed by atoms with van der Waals surface area (Å²) >= 11 is 3.24. The number of nitrogens with zero attached hydrogens (tertiary/aromatic N) is 1. The summed E-state index contributed by atoms with van der Waals surface area (Å²) in [5.41, 5.74) is 1.65. The van der Waals surface area contributed by atoms with E-state index in [4.69, 9.17) is 4.18 Å². The number of aryl methyl sites for hydroxylation is 2. The van der Waals surface area contributed by atoms with Crippen molar-refractivity contribution in [1.82, 2.24) is 4.98 Å². The predicted molar refractivity (Wildman–Crippen MR) is 75.7 cm³/mol. The summed E-state index contributed by atoms with van der Waals surface area (Å²) in [6.07, 6.45) is 1.47. The number of aromatic nitrogens is 1. The third-order valence-corrected chi connectivity index (χ3v) is 4.37. The average Bonchev–Trinajstić information content (AvgIpc) is 2.27.